The lowest BCUT2D eigenvalue weighted by Crippen LogP contribution is -1.91. The molecule has 0 aromatic carbocycles. The van der Waals surface area contributed by atoms with Crippen molar-refractivity contribution in [2.75, 3.05) is 12.4 Å². The van der Waals surface area contributed by atoms with Gasteiger partial charge < -0.3 is 9.42 Å². The van der Waals surface area contributed by atoms with Crippen molar-refractivity contribution in [3.05, 3.63) is 0 Å². The SMILES string of the molecule is CCCCCCCCCCCCOP(O)OSCC. The molecule has 3 nitrogen and oxygen atoms in total. The molecule has 0 spiro atoms. The van der Waals surface area contributed by atoms with Crippen molar-refractivity contribution in [3.63, 3.8) is 0 Å². The topological polar surface area (TPSA) is 38.7 Å². The zero-order valence-corrected chi connectivity index (χ0v) is 14.3. The molecule has 0 aliphatic heterocycles. The van der Waals surface area contributed by atoms with Gasteiger partial charge in [0.2, 0.25) is 0 Å². The minimum Gasteiger partial charge on any atom is -0.327 e. The van der Waals surface area contributed by atoms with E-state index in [9.17, 15) is 4.89 Å². The van der Waals surface area contributed by atoms with Crippen LogP contribution in [-0.4, -0.2) is 17.3 Å². The van der Waals surface area contributed by atoms with Crippen LogP contribution in [0.3, 0.4) is 0 Å². The van der Waals surface area contributed by atoms with Crippen LogP contribution in [0.15, 0.2) is 0 Å². The fourth-order valence-electron chi connectivity index (χ4n) is 1.85. The molecular weight excluding hydrogens is 279 g/mol. The molecule has 0 bridgehead atoms. The third-order valence-corrected chi connectivity index (χ3v) is 4.50. The van der Waals surface area contributed by atoms with Gasteiger partial charge in [0, 0.05) is 17.8 Å². The summed E-state index contributed by atoms with van der Waals surface area (Å²) < 4.78 is 10.2. The molecule has 0 radical (unpaired) electrons. The second kappa shape index (κ2) is 16.7. The number of unbranched alkanes of at least 4 members (excludes halogenated alkanes) is 9. The van der Waals surface area contributed by atoms with Crippen LogP contribution in [0.2, 0.25) is 0 Å². The largest absolute Gasteiger partial charge is 0.342 e. The van der Waals surface area contributed by atoms with Gasteiger partial charge in [-0.2, -0.15) is 0 Å². The maximum Gasteiger partial charge on any atom is 0.342 e. The lowest BCUT2D eigenvalue weighted by molar-refractivity contribution is 0.261. The first-order chi connectivity index (χ1) is 9.31. The maximum atomic E-state index is 9.32. The normalized spacial score (nSPS) is 12.8. The number of hydrogen-bond donors (Lipinski definition) is 1. The van der Waals surface area contributed by atoms with Gasteiger partial charge in [0.25, 0.3) is 0 Å². The first-order valence-electron chi connectivity index (χ1n) is 7.72. The van der Waals surface area contributed by atoms with Crippen LogP contribution < -0.4 is 0 Å². The van der Waals surface area contributed by atoms with Crippen LogP contribution in [0, 0.1) is 0 Å². The van der Waals surface area contributed by atoms with Gasteiger partial charge in [-0.15, -0.1) is 0 Å². The Bertz CT molecular complexity index is 173. The summed E-state index contributed by atoms with van der Waals surface area (Å²) in [6.45, 7) is 4.85. The summed E-state index contributed by atoms with van der Waals surface area (Å²) in [4.78, 5) is 9.32. The molecule has 0 aliphatic carbocycles. The smallest absolute Gasteiger partial charge is 0.327 e. The Balaban J connectivity index is 3.02. The summed E-state index contributed by atoms with van der Waals surface area (Å²) in [6.07, 6.45) is 13.1. The van der Waals surface area contributed by atoms with Gasteiger partial charge in [-0.3, -0.25) is 0 Å². The van der Waals surface area contributed by atoms with Crippen LogP contribution in [0.1, 0.15) is 78.1 Å². The number of hydrogen-bond acceptors (Lipinski definition) is 4. The second-order valence-electron chi connectivity index (χ2n) is 4.73. The van der Waals surface area contributed by atoms with E-state index in [-0.39, 0.29) is 0 Å². The molecule has 1 atom stereocenters. The van der Waals surface area contributed by atoms with Gasteiger partial charge in [0.05, 0.1) is 6.61 Å². The van der Waals surface area contributed by atoms with E-state index in [1.165, 1.54) is 69.8 Å². The highest BCUT2D eigenvalue weighted by molar-refractivity contribution is 7.97. The van der Waals surface area contributed by atoms with Gasteiger partial charge in [0.15, 0.2) is 0 Å². The lowest BCUT2D eigenvalue weighted by atomic mass is 10.1. The van der Waals surface area contributed by atoms with Gasteiger partial charge in [-0.05, 0) is 6.42 Å². The first kappa shape index (κ1) is 19.7. The first-order valence-corrected chi connectivity index (χ1v) is 9.76. The summed E-state index contributed by atoms with van der Waals surface area (Å²) in [5, 5.41) is 0. The Labute approximate surface area is 125 Å². The van der Waals surface area contributed by atoms with E-state index in [1.54, 1.807) is 0 Å². The molecule has 0 fully saturated rings. The molecule has 0 heterocycles. The van der Waals surface area contributed by atoms with Gasteiger partial charge in [-0.1, -0.05) is 71.6 Å². The molecule has 0 aromatic heterocycles. The highest BCUT2D eigenvalue weighted by Crippen LogP contribution is 2.37. The summed E-state index contributed by atoms with van der Waals surface area (Å²) in [5.41, 5.74) is 0. The van der Waals surface area contributed by atoms with Crippen molar-refractivity contribution in [2.45, 2.75) is 78.1 Å². The van der Waals surface area contributed by atoms with Gasteiger partial charge in [0.1, 0.15) is 0 Å². The van der Waals surface area contributed by atoms with E-state index in [4.69, 9.17) is 8.49 Å². The van der Waals surface area contributed by atoms with E-state index in [0.717, 1.165) is 12.2 Å². The van der Waals surface area contributed by atoms with E-state index in [2.05, 4.69) is 6.92 Å². The van der Waals surface area contributed by atoms with Crippen molar-refractivity contribution in [1.29, 1.82) is 0 Å². The summed E-state index contributed by atoms with van der Waals surface area (Å²) in [7, 11) is -1.66. The second-order valence-corrected chi connectivity index (χ2v) is 6.88. The van der Waals surface area contributed by atoms with E-state index < -0.39 is 8.60 Å². The molecule has 0 aromatic rings. The zero-order chi connectivity index (χ0) is 14.2. The average molecular weight is 310 g/mol. The average Bonchev–Trinajstić information content (AvgIpc) is 2.42. The third-order valence-electron chi connectivity index (χ3n) is 2.93. The minimum atomic E-state index is -1.66. The highest BCUT2D eigenvalue weighted by Gasteiger charge is 2.05. The fraction of sp³-hybridized carbons (Fsp3) is 1.00. The Hall–Kier alpha value is 0.660. The van der Waals surface area contributed by atoms with Crippen molar-refractivity contribution in [2.24, 2.45) is 0 Å². The summed E-state index contributed by atoms with van der Waals surface area (Å²) in [6, 6.07) is 0. The summed E-state index contributed by atoms with van der Waals surface area (Å²) >= 11 is 1.25. The Morgan fingerprint density at radius 3 is 1.89 bits per heavy atom. The molecule has 19 heavy (non-hydrogen) atoms. The van der Waals surface area contributed by atoms with Crippen molar-refractivity contribution in [3.8, 4) is 0 Å². The van der Waals surface area contributed by atoms with E-state index in [0.29, 0.717) is 6.61 Å². The predicted molar refractivity (Wildman–Crippen MR) is 86.2 cm³/mol. The summed E-state index contributed by atoms with van der Waals surface area (Å²) in [5.74, 6) is 0.834. The standard InChI is InChI=1S/C14H31O3PS/c1-3-5-6-7-8-9-10-11-12-13-14-16-18(15)17-19-4-2/h15H,3-14H2,1-2H3. The monoisotopic (exact) mass is 310 g/mol. The third kappa shape index (κ3) is 16.6. The molecule has 1 N–H and O–H groups in total. The predicted octanol–water partition coefficient (Wildman–Crippen LogP) is 5.83. The molecule has 1 unspecified atom stereocenters. The Morgan fingerprint density at radius 1 is 0.842 bits per heavy atom. The van der Waals surface area contributed by atoms with Crippen molar-refractivity contribution >= 4 is 20.6 Å². The van der Waals surface area contributed by atoms with E-state index in [1.807, 2.05) is 6.92 Å². The van der Waals surface area contributed by atoms with Crippen LogP contribution in [0.4, 0.5) is 0 Å². The number of rotatable bonds is 15. The lowest BCUT2D eigenvalue weighted by Gasteiger charge is -2.08. The van der Waals surface area contributed by atoms with Crippen LogP contribution in [-0.2, 0) is 8.49 Å². The minimum absolute atomic E-state index is 0.614. The Morgan fingerprint density at radius 2 is 1.37 bits per heavy atom. The molecular formula is C14H31O3PS. The van der Waals surface area contributed by atoms with E-state index >= 15 is 0 Å². The highest BCUT2D eigenvalue weighted by atomic mass is 32.2. The molecule has 0 amide bonds. The zero-order valence-electron chi connectivity index (χ0n) is 12.6. The van der Waals surface area contributed by atoms with Crippen molar-refractivity contribution in [1.82, 2.24) is 0 Å². The quantitative estimate of drug-likeness (QED) is 0.235. The maximum absolute atomic E-state index is 9.32. The van der Waals surface area contributed by atoms with Crippen molar-refractivity contribution < 1.29 is 13.4 Å². The fourth-order valence-corrected chi connectivity index (χ4v) is 3.09. The Kier molecular flexibility index (Phi) is 17.3. The van der Waals surface area contributed by atoms with Crippen LogP contribution >= 0.6 is 20.6 Å². The van der Waals surface area contributed by atoms with Crippen LogP contribution in [0.25, 0.3) is 0 Å². The molecule has 116 valence electrons. The van der Waals surface area contributed by atoms with Gasteiger partial charge >= 0.3 is 8.60 Å². The molecule has 0 saturated carbocycles. The molecule has 0 saturated heterocycles. The molecule has 0 rings (SSSR count). The van der Waals surface area contributed by atoms with Crippen LogP contribution in [0.5, 0.6) is 0 Å². The molecule has 0 aliphatic rings. The van der Waals surface area contributed by atoms with Gasteiger partial charge in [-0.25, -0.2) is 3.97 Å². The molecule has 5 heteroatoms.